The lowest BCUT2D eigenvalue weighted by Crippen LogP contribution is -2.34. The van der Waals surface area contributed by atoms with E-state index in [0.717, 1.165) is 57.4 Å². The van der Waals surface area contributed by atoms with Crippen LogP contribution in [-0.4, -0.2) is 71.9 Å². The molecule has 0 heterocycles. The Kier molecular flexibility index (Phi) is 30.5. The first-order valence-electron chi connectivity index (χ1n) is 18.3. The molecule has 0 aliphatic heterocycles. The third-order valence-electron chi connectivity index (χ3n) is 7.69. The Hall–Kier alpha value is -2.70. The maximum Gasteiger partial charge on any atom is 0.472 e. The van der Waals surface area contributed by atoms with Gasteiger partial charge in [-0.2, -0.15) is 0 Å². The Balaban J connectivity index is 4.48. The maximum absolute atomic E-state index is 12.5. The van der Waals surface area contributed by atoms with Crippen LogP contribution < -0.4 is 5.73 Å². The van der Waals surface area contributed by atoms with Gasteiger partial charge in [0.25, 0.3) is 0 Å². The molecule has 0 aromatic heterocycles. The van der Waals surface area contributed by atoms with E-state index in [1.54, 1.807) is 0 Å². The van der Waals surface area contributed by atoms with E-state index >= 15 is 0 Å². The summed E-state index contributed by atoms with van der Waals surface area (Å²) in [6.45, 7) is 0.387. The highest BCUT2D eigenvalue weighted by Gasteiger charge is 2.28. The van der Waals surface area contributed by atoms with Crippen molar-refractivity contribution in [1.29, 1.82) is 0 Å². The molecule has 0 saturated heterocycles. The van der Waals surface area contributed by atoms with Gasteiger partial charge in [0.15, 0.2) is 11.9 Å². The fourth-order valence-electron chi connectivity index (χ4n) is 4.75. The number of rotatable bonds is 35. The predicted molar refractivity (Wildman–Crippen MR) is 190 cm³/mol. The number of esters is 2. The quantitative estimate of drug-likeness (QED) is 0.0149. The number of carbonyl (C=O) groups excluding carboxylic acids is 4. The molecule has 0 spiro atoms. The van der Waals surface area contributed by atoms with Crippen LogP contribution in [0.1, 0.15) is 142 Å². The third-order valence-corrected chi connectivity index (χ3v) is 8.64. The molecule has 0 saturated carbocycles. The van der Waals surface area contributed by atoms with Crippen LogP contribution in [0.3, 0.4) is 0 Å². The molecule has 0 bridgehead atoms. The van der Waals surface area contributed by atoms with E-state index in [1.165, 1.54) is 44.6 Å². The number of ether oxygens (including phenoxy) is 2. The lowest BCUT2D eigenvalue weighted by molar-refractivity contribution is -0.161. The molecular weight excluding hydrogens is 669 g/mol. The molecule has 0 fully saturated rings. The average Bonchev–Trinajstić information content (AvgIpc) is 3.08. The molecule has 0 aromatic carbocycles. The minimum atomic E-state index is -4.75. The van der Waals surface area contributed by atoms with E-state index in [-0.39, 0.29) is 18.6 Å². The first-order chi connectivity index (χ1) is 24.0. The number of hydrogen-bond donors (Lipinski definition) is 3. The summed E-state index contributed by atoms with van der Waals surface area (Å²) in [6, 6.07) is -1.55. The zero-order valence-electron chi connectivity index (χ0n) is 30.0. The Morgan fingerprint density at radius 2 is 1.20 bits per heavy atom. The van der Waals surface area contributed by atoms with Gasteiger partial charge >= 0.3 is 25.7 Å². The van der Waals surface area contributed by atoms with Crippen molar-refractivity contribution < 1.29 is 57.1 Å². The van der Waals surface area contributed by atoms with E-state index in [9.17, 15) is 33.4 Å². The van der Waals surface area contributed by atoms with Crippen LogP contribution in [0.5, 0.6) is 0 Å². The third kappa shape index (κ3) is 31.3. The van der Waals surface area contributed by atoms with Crippen LogP contribution >= 0.6 is 7.82 Å². The van der Waals surface area contributed by atoms with Crippen molar-refractivity contribution in [3.63, 3.8) is 0 Å². The van der Waals surface area contributed by atoms with E-state index < -0.39 is 57.7 Å². The fraction of sp³-hybridized carbons (Fsp3) is 0.750. The van der Waals surface area contributed by atoms with Crippen molar-refractivity contribution in [1.82, 2.24) is 0 Å². The highest BCUT2D eigenvalue weighted by Crippen LogP contribution is 2.43. The van der Waals surface area contributed by atoms with E-state index in [4.69, 9.17) is 24.8 Å². The molecule has 13 nitrogen and oxygen atoms in total. The van der Waals surface area contributed by atoms with Crippen LogP contribution in [0.15, 0.2) is 24.3 Å². The Morgan fingerprint density at radius 3 is 1.76 bits per heavy atom. The number of ketones is 1. The van der Waals surface area contributed by atoms with Gasteiger partial charge in [-0.05, 0) is 57.1 Å². The number of aldehydes is 1. The van der Waals surface area contributed by atoms with Crippen LogP contribution in [0.2, 0.25) is 0 Å². The summed E-state index contributed by atoms with van der Waals surface area (Å²) in [7, 11) is -4.75. The van der Waals surface area contributed by atoms with Crippen molar-refractivity contribution in [2.45, 2.75) is 154 Å². The number of phosphoric acid groups is 1. The van der Waals surface area contributed by atoms with Crippen molar-refractivity contribution in [2.24, 2.45) is 5.73 Å². The van der Waals surface area contributed by atoms with Gasteiger partial charge in [-0.1, -0.05) is 89.7 Å². The molecule has 0 aliphatic rings. The lowest BCUT2D eigenvalue weighted by atomic mass is 10.1. The summed E-state index contributed by atoms with van der Waals surface area (Å²) in [4.78, 5) is 67.4. The van der Waals surface area contributed by atoms with Gasteiger partial charge in [0, 0.05) is 19.3 Å². The zero-order valence-corrected chi connectivity index (χ0v) is 30.9. The molecule has 14 heteroatoms. The smallest absolute Gasteiger partial charge is 0.472 e. The number of hydrogen-bond acceptors (Lipinski definition) is 11. The largest absolute Gasteiger partial charge is 0.480 e. The number of phosphoric ester groups is 1. The number of unbranched alkanes of at least 4 members (excludes halogenated alkanes) is 15. The Morgan fingerprint density at radius 1 is 0.700 bits per heavy atom. The van der Waals surface area contributed by atoms with E-state index in [1.807, 2.05) is 0 Å². The van der Waals surface area contributed by atoms with Crippen molar-refractivity contribution in [3.8, 4) is 0 Å². The number of carboxylic acids is 1. The Labute approximate surface area is 298 Å². The molecule has 0 radical (unpaired) electrons. The SMILES string of the molecule is CCCCCCCC/C=C\CCCCCCCC(=O)OC[C@H](COP(=O)(O)OC[C@H](N)C(=O)O)OC(=O)CCCCCCCC(=O)/C=C/C=O. The summed E-state index contributed by atoms with van der Waals surface area (Å²) in [5.74, 6) is -2.68. The molecule has 288 valence electrons. The van der Waals surface area contributed by atoms with E-state index in [2.05, 4.69) is 23.6 Å². The van der Waals surface area contributed by atoms with Crippen molar-refractivity contribution in [2.75, 3.05) is 19.8 Å². The number of carbonyl (C=O) groups is 5. The van der Waals surface area contributed by atoms with Gasteiger partial charge in [-0.25, -0.2) is 4.57 Å². The maximum atomic E-state index is 12.5. The number of nitrogens with two attached hydrogens (primary N) is 1. The minimum absolute atomic E-state index is 0.0428. The van der Waals surface area contributed by atoms with Gasteiger partial charge in [0.2, 0.25) is 0 Å². The van der Waals surface area contributed by atoms with Gasteiger partial charge in [0.1, 0.15) is 18.9 Å². The van der Waals surface area contributed by atoms with Crippen molar-refractivity contribution >= 4 is 37.8 Å². The number of allylic oxidation sites excluding steroid dienone is 4. The molecule has 0 rings (SSSR count). The molecule has 0 aromatic rings. The van der Waals surface area contributed by atoms with Crippen molar-refractivity contribution in [3.05, 3.63) is 24.3 Å². The van der Waals surface area contributed by atoms with Gasteiger partial charge < -0.3 is 25.2 Å². The van der Waals surface area contributed by atoms with Crippen LogP contribution in [0, 0.1) is 0 Å². The summed E-state index contributed by atoms with van der Waals surface area (Å²) in [5.41, 5.74) is 5.29. The monoisotopic (exact) mass is 731 g/mol. The molecular formula is C36H62NO12P. The summed E-state index contributed by atoms with van der Waals surface area (Å²) in [6.07, 6.45) is 25.0. The van der Waals surface area contributed by atoms with Crippen LogP contribution in [0.25, 0.3) is 0 Å². The summed E-state index contributed by atoms with van der Waals surface area (Å²) < 4.78 is 32.3. The second-order valence-corrected chi connectivity index (χ2v) is 13.8. The van der Waals surface area contributed by atoms with Crippen LogP contribution in [0.4, 0.5) is 0 Å². The number of aliphatic carboxylic acids is 1. The Bertz CT molecular complexity index is 1050. The highest BCUT2D eigenvalue weighted by atomic mass is 31.2. The molecule has 0 aliphatic carbocycles. The topological polar surface area (TPSA) is 206 Å². The summed E-state index contributed by atoms with van der Waals surface area (Å²) >= 11 is 0. The minimum Gasteiger partial charge on any atom is -0.480 e. The predicted octanol–water partition coefficient (Wildman–Crippen LogP) is 7.08. The van der Waals surface area contributed by atoms with E-state index in [0.29, 0.717) is 38.4 Å². The number of carboxylic acid groups (broad SMARTS) is 1. The fourth-order valence-corrected chi connectivity index (χ4v) is 5.53. The lowest BCUT2D eigenvalue weighted by Gasteiger charge is -2.20. The highest BCUT2D eigenvalue weighted by molar-refractivity contribution is 7.47. The van der Waals surface area contributed by atoms with Gasteiger partial charge in [0.05, 0.1) is 13.2 Å². The zero-order chi connectivity index (χ0) is 37.3. The van der Waals surface area contributed by atoms with Crippen LogP contribution in [-0.2, 0) is 47.1 Å². The average molecular weight is 732 g/mol. The molecule has 1 unspecified atom stereocenters. The normalized spacial score (nSPS) is 14.0. The first-order valence-corrected chi connectivity index (χ1v) is 19.7. The second-order valence-electron chi connectivity index (χ2n) is 12.4. The first kappa shape index (κ1) is 47.3. The standard InChI is InChI=1S/C36H62NO12P/c1-2-3-4-5-6-7-8-9-10-11-12-13-14-17-20-25-34(40)46-28-32(29-47-50(44,45)48-30-33(37)36(42)43)49-35(41)26-21-18-15-16-19-23-31(39)24-22-27-38/h9-10,22,24,27,32-33H,2-8,11-21,23,25-26,28-30,37H2,1H3,(H,42,43)(H,44,45)/b10-9-,24-22+/t32-,33+/m1/s1. The molecule has 4 N–H and O–H groups in total. The molecule has 50 heavy (non-hydrogen) atoms. The summed E-state index contributed by atoms with van der Waals surface area (Å²) in [5, 5.41) is 8.83. The van der Waals surface area contributed by atoms with Gasteiger partial charge in [-0.3, -0.25) is 33.0 Å². The second kappa shape index (κ2) is 32.2. The molecule has 3 atom stereocenters. The molecule has 0 amide bonds. The van der Waals surface area contributed by atoms with Gasteiger partial charge in [-0.15, -0.1) is 0 Å².